The van der Waals surface area contributed by atoms with E-state index in [4.69, 9.17) is 13.7 Å². The third-order valence-corrected chi connectivity index (χ3v) is 4.27. The van der Waals surface area contributed by atoms with Gasteiger partial charge in [0.15, 0.2) is 17.2 Å². The molecule has 0 saturated heterocycles. The minimum atomic E-state index is -4.12. The summed E-state index contributed by atoms with van der Waals surface area (Å²) in [5.74, 6) is 0.337. The van der Waals surface area contributed by atoms with Gasteiger partial charge in [-0.2, -0.15) is 8.42 Å². The highest BCUT2D eigenvalue weighted by Gasteiger charge is 2.21. The summed E-state index contributed by atoms with van der Waals surface area (Å²) < 4.78 is 40.3. The van der Waals surface area contributed by atoms with Crippen LogP contribution in [0, 0.1) is 0 Å². The molecular formula is C16H17NO6S. The topological polar surface area (TPSA) is 90.9 Å². The van der Waals surface area contributed by atoms with Crippen molar-refractivity contribution in [3.05, 3.63) is 42.5 Å². The van der Waals surface area contributed by atoms with Gasteiger partial charge in [0.25, 0.3) is 0 Å². The number of methoxy groups -OCH3 is 2. The van der Waals surface area contributed by atoms with Crippen LogP contribution >= 0.6 is 0 Å². The fraction of sp³-hybridized carbons (Fsp3) is 0.188. The lowest BCUT2D eigenvalue weighted by molar-refractivity contribution is -0.114. The number of hydrogen-bond acceptors (Lipinski definition) is 6. The van der Waals surface area contributed by atoms with Gasteiger partial charge in [-0.3, -0.25) is 4.79 Å². The van der Waals surface area contributed by atoms with E-state index in [-0.39, 0.29) is 28.0 Å². The van der Waals surface area contributed by atoms with Crippen LogP contribution in [0.3, 0.4) is 0 Å². The lowest BCUT2D eigenvalue weighted by atomic mass is 10.3. The van der Waals surface area contributed by atoms with Crippen LogP contribution in [-0.2, 0) is 14.9 Å². The summed E-state index contributed by atoms with van der Waals surface area (Å²) in [6.07, 6.45) is 0. The largest absolute Gasteiger partial charge is 0.493 e. The highest BCUT2D eigenvalue weighted by Crippen LogP contribution is 2.32. The van der Waals surface area contributed by atoms with Gasteiger partial charge in [0.05, 0.1) is 19.9 Å². The molecule has 1 N–H and O–H groups in total. The molecule has 0 atom stereocenters. The number of nitrogens with one attached hydrogen (secondary N) is 1. The van der Waals surface area contributed by atoms with Gasteiger partial charge in [0, 0.05) is 13.0 Å². The molecule has 128 valence electrons. The van der Waals surface area contributed by atoms with E-state index in [1.807, 2.05) is 0 Å². The zero-order chi connectivity index (χ0) is 17.7. The van der Waals surface area contributed by atoms with Crippen LogP contribution in [0.15, 0.2) is 47.4 Å². The Kier molecular flexibility index (Phi) is 5.30. The Bertz CT molecular complexity index is 847. The van der Waals surface area contributed by atoms with E-state index in [0.717, 1.165) is 0 Å². The van der Waals surface area contributed by atoms with Crippen LogP contribution < -0.4 is 19.0 Å². The molecule has 0 aromatic heterocycles. The van der Waals surface area contributed by atoms with E-state index < -0.39 is 10.1 Å². The molecule has 0 fully saturated rings. The molecule has 0 spiro atoms. The van der Waals surface area contributed by atoms with Gasteiger partial charge < -0.3 is 19.0 Å². The van der Waals surface area contributed by atoms with E-state index in [9.17, 15) is 13.2 Å². The third-order valence-electron chi connectivity index (χ3n) is 3.04. The van der Waals surface area contributed by atoms with Crippen LogP contribution in [0.1, 0.15) is 6.92 Å². The lowest BCUT2D eigenvalue weighted by Crippen LogP contribution is -2.13. The fourth-order valence-corrected chi connectivity index (χ4v) is 2.93. The monoisotopic (exact) mass is 351 g/mol. The van der Waals surface area contributed by atoms with Gasteiger partial charge in [-0.05, 0) is 24.3 Å². The summed E-state index contributed by atoms with van der Waals surface area (Å²) >= 11 is 0. The Morgan fingerprint density at radius 3 is 2.25 bits per heavy atom. The zero-order valence-corrected chi connectivity index (χ0v) is 14.2. The maximum Gasteiger partial charge on any atom is 0.339 e. The van der Waals surface area contributed by atoms with Crippen LogP contribution in [0.4, 0.5) is 5.69 Å². The highest BCUT2D eigenvalue weighted by molar-refractivity contribution is 7.87. The Balaban J connectivity index is 2.37. The number of carbonyl (C=O) groups excluding carboxylic acids is 1. The SMILES string of the molecule is COc1ccc(S(=O)(=O)Oc2ccccc2NC(C)=O)cc1OC. The average Bonchev–Trinajstić information content (AvgIpc) is 2.55. The number of anilines is 1. The smallest absolute Gasteiger partial charge is 0.339 e. The third kappa shape index (κ3) is 3.96. The molecule has 0 aliphatic carbocycles. The minimum absolute atomic E-state index is 0.0162. The second kappa shape index (κ2) is 7.22. The van der Waals surface area contributed by atoms with Gasteiger partial charge in [0.2, 0.25) is 5.91 Å². The van der Waals surface area contributed by atoms with Crippen molar-refractivity contribution in [3.8, 4) is 17.2 Å². The van der Waals surface area contributed by atoms with Crippen molar-refractivity contribution >= 4 is 21.7 Å². The van der Waals surface area contributed by atoms with E-state index in [1.165, 1.54) is 45.4 Å². The maximum absolute atomic E-state index is 12.5. The van der Waals surface area contributed by atoms with Crippen molar-refractivity contribution in [1.82, 2.24) is 0 Å². The van der Waals surface area contributed by atoms with E-state index >= 15 is 0 Å². The first-order valence-corrected chi connectivity index (χ1v) is 8.31. The average molecular weight is 351 g/mol. The Morgan fingerprint density at radius 2 is 1.62 bits per heavy atom. The van der Waals surface area contributed by atoms with Crippen molar-refractivity contribution in [1.29, 1.82) is 0 Å². The van der Waals surface area contributed by atoms with Crippen molar-refractivity contribution in [2.24, 2.45) is 0 Å². The quantitative estimate of drug-likeness (QED) is 0.804. The van der Waals surface area contributed by atoms with Crippen molar-refractivity contribution in [2.45, 2.75) is 11.8 Å². The van der Waals surface area contributed by atoms with Crippen LogP contribution in [0.25, 0.3) is 0 Å². The standard InChI is InChI=1S/C16H17NO6S/c1-11(18)17-13-6-4-5-7-14(13)23-24(19,20)12-8-9-15(21-2)16(10-12)22-3/h4-10H,1-3H3,(H,17,18). The fourth-order valence-electron chi connectivity index (χ4n) is 1.97. The molecule has 2 aromatic carbocycles. The summed E-state index contributed by atoms with van der Waals surface area (Å²) in [5, 5.41) is 2.52. The number of amides is 1. The van der Waals surface area contributed by atoms with Gasteiger partial charge >= 0.3 is 10.1 Å². The molecule has 0 heterocycles. The van der Waals surface area contributed by atoms with Gasteiger partial charge in [0.1, 0.15) is 4.90 Å². The van der Waals surface area contributed by atoms with Crippen LogP contribution in [-0.4, -0.2) is 28.5 Å². The van der Waals surface area contributed by atoms with E-state index in [2.05, 4.69) is 5.32 Å². The number of para-hydroxylation sites is 2. The molecule has 0 aliphatic rings. The summed E-state index contributed by atoms with van der Waals surface area (Å²) in [4.78, 5) is 11.1. The molecule has 0 bridgehead atoms. The number of ether oxygens (including phenoxy) is 2. The molecule has 0 radical (unpaired) electrons. The molecule has 0 saturated carbocycles. The van der Waals surface area contributed by atoms with Crippen molar-refractivity contribution in [3.63, 3.8) is 0 Å². The molecule has 2 aromatic rings. The number of rotatable bonds is 6. The highest BCUT2D eigenvalue weighted by atomic mass is 32.2. The van der Waals surface area contributed by atoms with E-state index in [0.29, 0.717) is 5.75 Å². The minimum Gasteiger partial charge on any atom is -0.493 e. The van der Waals surface area contributed by atoms with E-state index in [1.54, 1.807) is 18.2 Å². The second-order valence-electron chi connectivity index (χ2n) is 4.73. The summed E-state index contributed by atoms with van der Waals surface area (Å²) in [7, 11) is -1.26. The molecule has 8 heteroatoms. The van der Waals surface area contributed by atoms with Crippen LogP contribution in [0.2, 0.25) is 0 Å². The number of carbonyl (C=O) groups is 1. The Morgan fingerprint density at radius 1 is 0.958 bits per heavy atom. The summed E-state index contributed by atoms with van der Waals surface area (Å²) in [6.45, 7) is 1.32. The van der Waals surface area contributed by atoms with Gasteiger partial charge in [-0.15, -0.1) is 0 Å². The lowest BCUT2D eigenvalue weighted by Gasteiger charge is -2.13. The molecule has 1 amide bonds. The molecule has 7 nitrogen and oxygen atoms in total. The number of benzene rings is 2. The first-order chi connectivity index (χ1) is 11.4. The Labute approximate surface area is 140 Å². The Hall–Kier alpha value is -2.74. The maximum atomic E-state index is 12.5. The van der Waals surface area contributed by atoms with Gasteiger partial charge in [-0.1, -0.05) is 12.1 Å². The summed E-state index contributed by atoms with van der Waals surface area (Å²) in [6, 6.07) is 10.4. The summed E-state index contributed by atoms with van der Waals surface area (Å²) in [5.41, 5.74) is 0.258. The molecule has 24 heavy (non-hydrogen) atoms. The first-order valence-electron chi connectivity index (χ1n) is 6.90. The first kappa shape index (κ1) is 17.6. The number of hydrogen-bond donors (Lipinski definition) is 1. The molecule has 0 unspecified atom stereocenters. The molecule has 0 aliphatic heterocycles. The second-order valence-corrected chi connectivity index (χ2v) is 6.28. The normalized spacial score (nSPS) is 10.8. The predicted octanol–water partition coefficient (Wildman–Crippen LogP) is 2.43. The predicted molar refractivity (Wildman–Crippen MR) is 88.1 cm³/mol. The molecular weight excluding hydrogens is 334 g/mol. The zero-order valence-electron chi connectivity index (χ0n) is 13.4. The van der Waals surface area contributed by atoms with Crippen molar-refractivity contribution in [2.75, 3.05) is 19.5 Å². The molecule has 2 rings (SSSR count). The van der Waals surface area contributed by atoms with Gasteiger partial charge in [-0.25, -0.2) is 0 Å². The van der Waals surface area contributed by atoms with Crippen molar-refractivity contribution < 1.29 is 26.9 Å². The van der Waals surface area contributed by atoms with Crippen LogP contribution in [0.5, 0.6) is 17.2 Å².